The Morgan fingerprint density at radius 3 is 2.00 bits per heavy atom. The summed E-state index contributed by atoms with van der Waals surface area (Å²) in [7, 11) is 0. The number of hydrogen-bond acceptors (Lipinski definition) is 4. The zero-order valence-corrected chi connectivity index (χ0v) is 18.4. The van der Waals surface area contributed by atoms with Gasteiger partial charge in [0.25, 0.3) is 17.7 Å². The standard InChI is InChI=1S/C25H23ClN2O4/c1-14-2-4-15(5-3-14)20(29)13-27(23(30)16-8-10-19(26)11-9-16)28-24(31)21-17-6-7-18(12-17)22(21)25(28)32/h2-5,8-11,17-18,21-22H,6-7,12-13H2,1H3/t17-,18-,21-,22-/m0/s1. The van der Waals surface area contributed by atoms with E-state index in [1.165, 1.54) is 12.1 Å². The highest BCUT2D eigenvalue weighted by molar-refractivity contribution is 6.30. The number of imide groups is 1. The summed E-state index contributed by atoms with van der Waals surface area (Å²) in [6.07, 6.45) is 2.77. The van der Waals surface area contributed by atoms with Crippen LogP contribution in [-0.4, -0.2) is 40.1 Å². The van der Waals surface area contributed by atoms with Crippen LogP contribution in [0.15, 0.2) is 48.5 Å². The van der Waals surface area contributed by atoms with Crippen LogP contribution in [-0.2, 0) is 9.59 Å². The van der Waals surface area contributed by atoms with Gasteiger partial charge in [-0.05, 0) is 62.3 Å². The van der Waals surface area contributed by atoms with Crippen molar-refractivity contribution in [3.63, 3.8) is 0 Å². The number of benzene rings is 2. The van der Waals surface area contributed by atoms with Gasteiger partial charge in [0.2, 0.25) is 0 Å². The van der Waals surface area contributed by atoms with Crippen molar-refractivity contribution >= 4 is 35.1 Å². The van der Waals surface area contributed by atoms with Crippen molar-refractivity contribution in [2.75, 3.05) is 6.54 Å². The van der Waals surface area contributed by atoms with Gasteiger partial charge in [-0.3, -0.25) is 19.2 Å². The van der Waals surface area contributed by atoms with Gasteiger partial charge in [0.15, 0.2) is 5.78 Å². The maximum atomic E-state index is 13.4. The number of ketones is 1. The number of carbonyl (C=O) groups excluding carboxylic acids is 4. The lowest BCUT2D eigenvalue weighted by atomic mass is 9.81. The molecule has 0 aromatic heterocycles. The number of rotatable bonds is 5. The average molecular weight is 451 g/mol. The van der Waals surface area contributed by atoms with Crippen LogP contribution in [0.25, 0.3) is 0 Å². The first-order valence-electron chi connectivity index (χ1n) is 10.9. The van der Waals surface area contributed by atoms with E-state index in [-0.39, 0.29) is 46.8 Å². The zero-order valence-electron chi connectivity index (χ0n) is 17.7. The Morgan fingerprint density at radius 1 is 0.906 bits per heavy atom. The number of carbonyl (C=O) groups is 4. The molecule has 1 saturated heterocycles. The molecule has 2 saturated carbocycles. The lowest BCUT2D eigenvalue weighted by Gasteiger charge is -2.30. The van der Waals surface area contributed by atoms with Crippen LogP contribution in [0.5, 0.6) is 0 Å². The van der Waals surface area contributed by atoms with E-state index in [0.717, 1.165) is 34.8 Å². The molecule has 0 unspecified atom stereocenters. The second-order valence-electron chi connectivity index (χ2n) is 9.03. The quantitative estimate of drug-likeness (QED) is 0.511. The van der Waals surface area contributed by atoms with Crippen LogP contribution in [0, 0.1) is 30.6 Å². The fourth-order valence-electron chi connectivity index (χ4n) is 5.57. The Labute approximate surface area is 191 Å². The van der Waals surface area contributed by atoms with Crippen LogP contribution < -0.4 is 0 Å². The van der Waals surface area contributed by atoms with Gasteiger partial charge in [-0.1, -0.05) is 41.4 Å². The Morgan fingerprint density at radius 2 is 1.44 bits per heavy atom. The first kappa shape index (κ1) is 20.9. The number of hydrazine groups is 1. The van der Waals surface area contributed by atoms with Gasteiger partial charge in [-0.2, -0.15) is 5.01 Å². The van der Waals surface area contributed by atoms with E-state index < -0.39 is 12.5 Å². The topological polar surface area (TPSA) is 74.8 Å². The van der Waals surface area contributed by atoms with Crippen molar-refractivity contribution < 1.29 is 19.2 Å². The molecule has 3 amide bonds. The highest BCUT2D eigenvalue weighted by atomic mass is 35.5. The van der Waals surface area contributed by atoms with E-state index in [4.69, 9.17) is 11.6 Å². The Hall–Kier alpha value is -2.99. The summed E-state index contributed by atoms with van der Waals surface area (Å²) in [5.41, 5.74) is 1.68. The molecule has 6 nitrogen and oxygen atoms in total. The SMILES string of the molecule is Cc1ccc(C(=O)CN(C(=O)c2ccc(Cl)cc2)N2C(=O)[C@H]3[C@H]4CC[C@@H](C4)[C@@H]3C2=O)cc1. The maximum Gasteiger partial charge on any atom is 0.273 e. The van der Waals surface area contributed by atoms with Crippen LogP contribution in [0.3, 0.4) is 0 Å². The Balaban J connectivity index is 1.49. The minimum atomic E-state index is -0.573. The third kappa shape index (κ3) is 3.34. The predicted molar refractivity (Wildman–Crippen MR) is 118 cm³/mol. The van der Waals surface area contributed by atoms with Crippen molar-refractivity contribution in [3.05, 3.63) is 70.2 Å². The molecule has 2 aromatic rings. The first-order chi connectivity index (χ1) is 15.3. The minimum Gasteiger partial charge on any atom is -0.292 e. The van der Waals surface area contributed by atoms with Crippen molar-refractivity contribution in [1.29, 1.82) is 0 Å². The first-order valence-corrected chi connectivity index (χ1v) is 11.3. The summed E-state index contributed by atoms with van der Waals surface area (Å²) in [6, 6.07) is 13.2. The smallest absolute Gasteiger partial charge is 0.273 e. The summed E-state index contributed by atoms with van der Waals surface area (Å²) in [5, 5.41) is 2.46. The largest absolute Gasteiger partial charge is 0.292 e. The molecule has 2 aromatic carbocycles. The van der Waals surface area contributed by atoms with Gasteiger partial charge in [0.05, 0.1) is 11.8 Å². The molecule has 3 aliphatic rings. The lowest BCUT2D eigenvalue weighted by Crippen LogP contribution is -2.52. The molecule has 5 rings (SSSR count). The molecule has 4 atom stereocenters. The monoisotopic (exact) mass is 450 g/mol. The van der Waals surface area contributed by atoms with E-state index in [2.05, 4.69) is 0 Å². The number of nitrogens with zero attached hydrogens (tertiary/aromatic N) is 2. The molecule has 3 fully saturated rings. The van der Waals surface area contributed by atoms with Crippen molar-refractivity contribution in [2.24, 2.45) is 23.7 Å². The summed E-state index contributed by atoms with van der Waals surface area (Å²) >= 11 is 5.95. The number of fused-ring (bicyclic) bond motifs is 5. The molecule has 2 aliphatic carbocycles. The molecule has 1 heterocycles. The highest BCUT2D eigenvalue weighted by Gasteiger charge is 2.62. The van der Waals surface area contributed by atoms with E-state index in [0.29, 0.717) is 10.6 Å². The number of aryl methyl sites for hydroxylation is 1. The van der Waals surface area contributed by atoms with Crippen LogP contribution in [0.2, 0.25) is 5.02 Å². The van der Waals surface area contributed by atoms with Crippen LogP contribution in [0.1, 0.15) is 45.5 Å². The molecule has 0 N–H and O–H groups in total. The summed E-state index contributed by atoms with van der Waals surface area (Å²) < 4.78 is 0. The average Bonchev–Trinajstić information content (AvgIpc) is 3.47. The van der Waals surface area contributed by atoms with Crippen molar-refractivity contribution in [1.82, 2.24) is 10.0 Å². The third-order valence-electron chi connectivity index (χ3n) is 7.14. The molecular weight excluding hydrogens is 428 g/mol. The Kier molecular flexibility index (Phi) is 5.13. The third-order valence-corrected chi connectivity index (χ3v) is 7.39. The van der Waals surface area contributed by atoms with Crippen molar-refractivity contribution in [3.8, 4) is 0 Å². The van der Waals surface area contributed by atoms with Crippen LogP contribution in [0.4, 0.5) is 0 Å². The molecular formula is C25H23ClN2O4. The summed E-state index contributed by atoms with van der Waals surface area (Å²) in [4.78, 5) is 53.2. The summed E-state index contributed by atoms with van der Waals surface area (Å²) in [6.45, 7) is 1.52. The normalized spacial score (nSPS) is 25.9. The fourth-order valence-corrected chi connectivity index (χ4v) is 5.70. The second kappa shape index (κ2) is 7.85. The molecule has 164 valence electrons. The van der Waals surface area contributed by atoms with Gasteiger partial charge in [0.1, 0.15) is 6.54 Å². The van der Waals surface area contributed by atoms with E-state index >= 15 is 0 Å². The van der Waals surface area contributed by atoms with E-state index in [1.54, 1.807) is 24.3 Å². The molecule has 0 spiro atoms. The maximum absolute atomic E-state index is 13.4. The number of Topliss-reactive ketones (excluding diaryl/α,β-unsaturated/α-hetero) is 1. The van der Waals surface area contributed by atoms with E-state index in [9.17, 15) is 19.2 Å². The van der Waals surface area contributed by atoms with E-state index in [1.807, 2.05) is 19.1 Å². The Bertz CT molecular complexity index is 1080. The highest BCUT2D eigenvalue weighted by Crippen LogP contribution is 2.56. The van der Waals surface area contributed by atoms with Gasteiger partial charge in [0, 0.05) is 16.1 Å². The van der Waals surface area contributed by atoms with Gasteiger partial charge in [-0.25, -0.2) is 5.01 Å². The molecule has 1 aliphatic heterocycles. The minimum absolute atomic E-state index is 0.187. The lowest BCUT2D eigenvalue weighted by molar-refractivity contribution is -0.154. The van der Waals surface area contributed by atoms with Crippen LogP contribution >= 0.6 is 11.6 Å². The zero-order chi connectivity index (χ0) is 22.6. The number of halogens is 1. The van der Waals surface area contributed by atoms with Gasteiger partial charge in [-0.15, -0.1) is 0 Å². The van der Waals surface area contributed by atoms with Gasteiger partial charge >= 0.3 is 0 Å². The number of amides is 3. The summed E-state index contributed by atoms with van der Waals surface area (Å²) in [5.74, 6) is -2.01. The van der Waals surface area contributed by atoms with Crippen molar-refractivity contribution in [2.45, 2.75) is 26.2 Å². The number of hydrogen-bond donors (Lipinski definition) is 0. The fraction of sp³-hybridized carbons (Fsp3) is 0.360. The second-order valence-corrected chi connectivity index (χ2v) is 9.47. The molecule has 2 bridgehead atoms. The van der Waals surface area contributed by atoms with Gasteiger partial charge < -0.3 is 0 Å². The predicted octanol–water partition coefficient (Wildman–Crippen LogP) is 3.92. The molecule has 7 heteroatoms. The molecule has 32 heavy (non-hydrogen) atoms. The molecule has 0 radical (unpaired) electrons.